The number of methoxy groups -OCH3 is 2. The number of likely N-dealkylation sites (N-methyl/N-ethyl adjacent to an activating group) is 1. The van der Waals surface area contributed by atoms with Gasteiger partial charge in [-0.1, -0.05) is 41.5 Å². The van der Waals surface area contributed by atoms with Crippen molar-refractivity contribution in [1.82, 2.24) is 4.90 Å². The molecule has 0 aromatic rings. The van der Waals surface area contributed by atoms with Gasteiger partial charge in [0.25, 0.3) is 0 Å². The maximum absolute atomic E-state index is 14.6. The molecular formula is C44H85NO11Si2. The summed E-state index contributed by atoms with van der Waals surface area (Å²) >= 11 is 0. The van der Waals surface area contributed by atoms with Crippen LogP contribution in [-0.4, -0.2) is 128 Å². The van der Waals surface area contributed by atoms with Gasteiger partial charge in [-0.2, -0.15) is 0 Å². The quantitative estimate of drug-likeness (QED) is 0.139. The zero-order chi connectivity index (χ0) is 44.3. The van der Waals surface area contributed by atoms with Crippen molar-refractivity contribution in [2.24, 2.45) is 35.5 Å². The molecule has 14 heteroatoms. The van der Waals surface area contributed by atoms with Crippen molar-refractivity contribution >= 4 is 28.4 Å². The fourth-order valence-corrected chi connectivity index (χ4v) is 12.2. The Bertz CT molecular complexity index is 1330. The lowest BCUT2D eigenvalue weighted by Gasteiger charge is -2.50. The summed E-state index contributed by atoms with van der Waals surface area (Å²) in [4.78, 5) is 31.4. The maximum Gasteiger partial charge on any atom is 0.313 e. The molecule has 17 atom stereocenters. The van der Waals surface area contributed by atoms with Crippen molar-refractivity contribution < 1.29 is 51.6 Å². The molecule has 0 aliphatic carbocycles. The van der Waals surface area contributed by atoms with Crippen LogP contribution in [0.1, 0.15) is 102 Å². The number of carbonyl (C=O) groups is 2. The molecule has 58 heavy (non-hydrogen) atoms. The Balaban J connectivity index is 2.25. The lowest BCUT2D eigenvalue weighted by molar-refractivity contribution is -0.333. The number of ether oxygens (including phenoxy) is 7. The number of hydrogen-bond acceptors (Lipinski definition) is 12. The Kier molecular flexibility index (Phi) is 18.3. The first-order chi connectivity index (χ1) is 26.6. The predicted molar refractivity (Wildman–Crippen MR) is 232 cm³/mol. The molecule has 3 heterocycles. The molecule has 1 unspecified atom stereocenters. The van der Waals surface area contributed by atoms with Gasteiger partial charge in [-0.25, -0.2) is 0 Å². The summed E-state index contributed by atoms with van der Waals surface area (Å²) in [7, 11) is 1.11. The van der Waals surface area contributed by atoms with Gasteiger partial charge < -0.3 is 46.9 Å². The van der Waals surface area contributed by atoms with Gasteiger partial charge >= 0.3 is 5.97 Å². The van der Waals surface area contributed by atoms with Crippen LogP contribution in [0.2, 0.25) is 39.3 Å². The van der Waals surface area contributed by atoms with Crippen LogP contribution in [0.5, 0.6) is 0 Å². The van der Waals surface area contributed by atoms with Crippen LogP contribution in [0.15, 0.2) is 0 Å². The van der Waals surface area contributed by atoms with Crippen LogP contribution in [-0.2, 0) is 51.6 Å². The number of cyclic esters (lactones) is 1. The minimum Gasteiger partial charge on any atom is -0.435 e. The molecule has 0 N–H and O–H groups in total. The summed E-state index contributed by atoms with van der Waals surface area (Å²) in [6.07, 6.45) is -1.60. The summed E-state index contributed by atoms with van der Waals surface area (Å²) in [6.45, 7) is 36.0. The van der Waals surface area contributed by atoms with Gasteiger partial charge in [-0.05, 0) is 106 Å². The number of Topliss-reactive ketones (excluding diaryl/α,β-unsaturated/α-hetero) is 1. The smallest absolute Gasteiger partial charge is 0.313 e. The number of nitrogens with zero attached hydrogens (tertiary/aromatic N) is 1. The summed E-state index contributed by atoms with van der Waals surface area (Å²) in [5, 5.41) is 0. The molecule has 0 bridgehead atoms. The van der Waals surface area contributed by atoms with Gasteiger partial charge in [-0.3, -0.25) is 9.59 Å². The lowest BCUT2D eigenvalue weighted by atomic mass is 9.77. The van der Waals surface area contributed by atoms with Crippen molar-refractivity contribution in [3.63, 3.8) is 0 Å². The van der Waals surface area contributed by atoms with Gasteiger partial charge in [0.05, 0.1) is 42.0 Å². The summed E-state index contributed by atoms with van der Waals surface area (Å²) in [5.74, 6) is -4.08. The van der Waals surface area contributed by atoms with Crippen LogP contribution in [0, 0.1) is 35.5 Å². The van der Waals surface area contributed by atoms with Crippen molar-refractivity contribution in [2.45, 2.75) is 208 Å². The highest BCUT2D eigenvalue weighted by molar-refractivity contribution is 6.70. The third-order valence-corrected chi connectivity index (χ3v) is 14.7. The minimum atomic E-state index is -2.17. The molecule has 0 aromatic heterocycles. The van der Waals surface area contributed by atoms with E-state index in [0.717, 1.165) is 13.0 Å². The average molecular weight is 860 g/mol. The largest absolute Gasteiger partial charge is 0.435 e. The normalized spacial score (nSPS) is 43.2. The van der Waals surface area contributed by atoms with Crippen molar-refractivity contribution in [2.75, 3.05) is 27.8 Å². The van der Waals surface area contributed by atoms with Gasteiger partial charge in [-0.15, -0.1) is 0 Å². The Morgan fingerprint density at radius 1 is 0.759 bits per heavy atom. The molecule has 12 nitrogen and oxygen atoms in total. The molecule has 0 amide bonds. The molecule has 3 aliphatic rings. The van der Waals surface area contributed by atoms with Crippen LogP contribution in [0.3, 0.4) is 0 Å². The van der Waals surface area contributed by atoms with E-state index in [1.54, 1.807) is 7.11 Å². The van der Waals surface area contributed by atoms with E-state index in [0.29, 0.717) is 19.3 Å². The number of hydrogen-bond donors (Lipinski definition) is 0. The molecule has 0 spiro atoms. The lowest BCUT2D eigenvalue weighted by Crippen LogP contribution is -2.60. The second-order valence-corrected chi connectivity index (χ2v) is 29.6. The van der Waals surface area contributed by atoms with Gasteiger partial charge in [0, 0.05) is 56.8 Å². The highest BCUT2D eigenvalue weighted by Gasteiger charge is 2.52. The third-order valence-electron chi connectivity index (χ3n) is 12.7. The highest BCUT2D eigenvalue weighted by Crippen LogP contribution is 2.43. The van der Waals surface area contributed by atoms with Gasteiger partial charge in [0.15, 0.2) is 28.7 Å². The van der Waals surface area contributed by atoms with Crippen molar-refractivity contribution in [3.8, 4) is 0 Å². The predicted octanol–water partition coefficient (Wildman–Crippen LogP) is 8.28. The molecule has 0 saturated carbocycles. The molecule has 3 saturated heterocycles. The monoisotopic (exact) mass is 860 g/mol. The number of rotatable bonds is 12. The Labute approximate surface area is 355 Å². The van der Waals surface area contributed by atoms with E-state index in [1.165, 1.54) is 7.11 Å². The second kappa shape index (κ2) is 20.6. The SMILES string of the molecule is CCN(C)[C@H]1C[C@@H](C)OC(O[C@@H]2[C@@H](C)[C@H](O[C@@]3(C)C[C@@](C)(OC)C[C@H](C)O3)[C@@H](C)C(=O)O[C@@H](OC)[C@H](C)[C@H](O[Si](C)(C)C)[C@H](C)C(=O)[C@H](C)C[C@H]2C)[C@@H]1O[Si](C)(C)C. The topological polar surface area (TPSA) is 120 Å². The Morgan fingerprint density at radius 2 is 1.34 bits per heavy atom. The van der Waals surface area contributed by atoms with E-state index in [9.17, 15) is 9.59 Å². The number of esters is 1. The molecule has 340 valence electrons. The summed E-state index contributed by atoms with van der Waals surface area (Å²) in [5.41, 5.74) is -0.508. The molecule has 3 aliphatic heterocycles. The average Bonchev–Trinajstić information content (AvgIpc) is 3.11. The number of ketones is 1. The van der Waals surface area contributed by atoms with E-state index < -0.39 is 88.6 Å². The number of carbonyl (C=O) groups excluding carboxylic acids is 2. The van der Waals surface area contributed by atoms with E-state index in [-0.39, 0.29) is 42.0 Å². The molecule has 3 rings (SSSR count). The Hall–Kier alpha value is -0.786. The van der Waals surface area contributed by atoms with E-state index >= 15 is 0 Å². The van der Waals surface area contributed by atoms with E-state index in [4.69, 9.17) is 42.0 Å². The third kappa shape index (κ3) is 13.6. The van der Waals surface area contributed by atoms with Crippen LogP contribution in [0.4, 0.5) is 0 Å². The van der Waals surface area contributed by atoms with Crippen molar-refractivity contribution in [1.29, 1.82) is 0 Å². The van der Waals surface area contributed by atoms with Gasteiger partial charge in [0.1, 0.15) is 11.9 Å². The molecule has 3 fully saturated rings. The van der Waals surface area contributed by atoms with Gasteiger partial charge in [0.2, 0.25) is 6.29 Å². The molecular weight excluding hydrogens is 775 g/mol. The summed E-state index contributed by atoms with van der Waals surface area (Å²) < 4.78 is 59.8. The molecule has 0 aromatic carbocycles. The fourth-order valence-electron chi connectivity index (χ4n) is 9.87. The first-order valence-electron chi connectivity index (χ1n) is 22.1. The Morgan fingerprint density at radius 3 is 1.88 bits per heavy atom. The zero-order valence-electron chi connectivity index (χ0n) is 40.1. The van der Waals surface area contributed by atoms with Crippen LogP contribution in [0.25, 0.3) is 0 Å². The van der Waals surface area contributed by atoms with E-state index in [2.05, 4.69) is 85.8 Å². The summed E-state index contributed by atoms with van der Waals surface area (Å²) in [6, 6.07) is 0.0657. The first-order valence-corrected chi connectivity index (χ1v) is 28.9. The first kappa shape index (κ1) is 51.6. The second-order valence-electron chi connectivity index (χ2n) is 20.7. The highest BCUT2D eigenvalue weighted by atomic mass is 28.4. The minimum absolute atomic E-state index is 0.0657. The van der Waals surface area contributed by atoms with Crippen LogP contribution < -0.4 is 0 Å². The fraction of sp³-hybridized carbons (Fsp3) is 0.955. The van der Waals surface area contributed by atoms with Crippen molar-refractivity contribution in [3.05, 3.63) is 0 Å². The van der Waals surface area contributed by atoms with E-state index in [1.807, 2.05) is 41.5 Å². The standard InChI is InChI=1S/C44H85NO11Si2/c1-21-45(12)34-23-28(4)50-42(39(34)56-58(18,19)20)51-36-27(3)22-26(2)35(46)30(6)38(55-57(15,16)17)33(9)41(48-13)52-40(47)32(8)37(31(36)7)54-44(11)25-43(10,49-14)24-29(5)53-44/h26-34,36-39,41-42H,21-25H2,1-20H3/t26-,27-,28-,29+,30-,31-,32-,33-,34+,36+,37+,38-,39-,41-,42?,43+,44+/m1/s1. The zero-order valence-corrected chi connectivity index (χ0v) is 42.1. The van der Waals surface area contributed by atoms with Crippen LogP contribution >= 0.6 is 0 Å². The maximum atomic E-state index is 14.6. The molecule has 0 radical (unpaired) electrons.